The second-order valence-corrected chi connectivity index (χ2v) is 9.15. The number of aryl methyl sites for hydroxylation is 1. The fourth-order valence-corrected chi connectivity index (χ4v) is 4.88. The highest BCUT2D eigenvalue weighted by Gasteiger charge is 2.15. The quantitative estimate of drug-likeness (QED) is 0.380. The van der Waals surface area contributed by atoms with Gasteiger partial charge in [-0.05, 0) is 30.7 Å². The number of hydrogen-bond donors (Lipinski definition) is 1. The van der Waals surface area contributed by atoms with Crippen LogP contribution in [0, 0.1) is 6.92 Å². The smallest absolute Gasteiger partial charge is 0.281 e. The predicted octanol–water partition coefficient (Wildman–Crippen LogP) is 4.85. The number of fused-ring (bicyclic) bond motifs is 1. The molecule has 0 saturated carbocycles. The first-order valence-electron chi connectivity index (χ1n) is 10.1. The minimum absolute atomic E-state index is 0.315. The van der Waals surface area contributed by atoms with Crippen molar-refractivity contribution in [2.75, 3.05) is 5.43 Å². The van der Waals surface area contributed by atoms with Crippen molar-refractivity contribution < 1.29 is 9.53 Å². The molecule has 0 atom stereocenters. The Morgan fingerprint density at radius 3 is 2.73 bits per heavy atom. The van der Waals surface area contributed by atoms with E-state index >= 15 is 0 Å². The molecule has 1 N–H and O–H groups in total. The molecule has 0 aliphatic rings. The number of carbonyl (C=O) groups is 1. The highest BCUT2D eigenvalue weighted by molar-refractivity contribution is 7.17. The molecule has 7 nitrogen and oxygen atoms in total. The summed E-state index contributed by atoms with van der Waals surface area (Å²) in [5.74, 6) is 0.100. The van der Waals surface area contributed by atoms with E-state index in [0.717, 1.165) is 26.5 Å². The monoisotopic (exact) mass is 474 g/mol. The predicted molar refractivity (Wildman–Crippen MR) is 131 cm³/mol. The summed E-state index contributed by atoms with van der Waals surface area (Å²) in [6.45, 7) is 2.25. The van der Waals surface area contributed by atoms with E-state index in [4.69, 9.17) is 4.74 Å². The zero-order chi connectivity index (χ0) is 22.8. The third kappa shape index (κ3) is 4.41. The van der Waals surface area contributed by atoms with Crippen LogP contribution in [0.15, 0.2) is 76.5 Å². The van der Waals surface area contributed by atoms with Crippen LogP contribution in [-0.2, 0) is 6.61 Å². The molecule has 5 rings (SSSR count). The largest absolute Gasteiger partial charge is 0.487 e. The van der Waals surface area contributed by atoms with Crippen molar-refractivity contribution in [1.82, 2.24) is 14.6 Å². The maximum atomic E-state index is 13.2. The molecule has 0 spiro atoms. The van der Waals surface area contributed by atoms with Crippen LogP contribution in [0.1, 0.15) is 21.1 Å². The molecule has 33 heavy (non-hydrogen) atoms. The van der Waals surface area contributed by atoms with Crippen molar-refractivity contribution >= 4 is 38.8 Å². The molecule has 3 heterocycles. The number of carbonyl (C=O) groups excluding carboxylic acids is 1. The van der Waals surface area contributed by atoms with Crippen LogP contribution in [0.3, 0.4) is 0 Å². The van der Waals surface area contributed by atoms with E-state index in [1.54, 1.807) is 35.6 Å². The Morgan fingerprint density at radius 1 is 1.09 bits per heavy atom. The molecule has 164 valence electrons. The lowest BCUT2D eigenvalue weighted by Gasteiger charge is -2.10. The maximum absolute atomic E-state index is 13.2. The Labute approximate surface area is 196 Å². The minimum Gasteiger partial charge on any atom is -0.487 e. The summed E-state index contributed by atoms with van der Waals surface area (Å²) in [5.41, 5.74) is 5.22. The van der Waals surface area contributed by atoms with Gasteiger partial charge in [-0.1, -0.05) is 36.4 Å². The van der Waals surface area contributed by atoms with Crippen molar-refractivity contribution in [3.05, 3.63) is 98.3 Å². The molecule has 0 aliphatic carbocycles. The lowest BCUT2D eigenvalue weighted by molar-refractivity contribution is 0.101. The first-order chi connectivity index (χ1) is 16.1. The number of ether oxygens (including phenoxy) is 1. The van der Waals surface area contributed by atoms with Gasteiger partial charge in [0.1, 0.15) is 23.5 Å². The van der Waals surface area contributed by atoms with Crippen molar-refractivity contribution in [1.29, 1.82) is 0 Å². The summed E-state index contributed by atoms with van der Waals surface area (Å²) in [5, 5.41) is 5.30. The third-order valence-electron chi connectivity index (χ3n) is 4.95. The number of rotatable bonds is 6. The normalized spacial score (nSPS) is 10.9. The number of thiazole rings is 1. The zero-order valence-electron chi connectivity index (χ0n) is 17.5. The molecule has 5 aromatic rings. The third-order valence-corrected chi connectivity index (χ3v) is 6.66. The number of nitrogens with one attached hydrogen (secondary N) is 1. The number of hydrogen-bond acceptors (Lipinski definition) is 7. The van der Waals surface area contributed by atoms with Gasteiger partial charge in [0.25, 0.3) is 11.5 Å². The van der Waals surface area contributed by atoms with Crippen LogP contribution in [0.25, 0.3) is 21.3 Å². The van der Waals surface area contributed by atoms with Gasteiger partial charge in [-0.15, -0.1) is 22.7 Å². The second-order valence-electron chi connectivity index (χ2n) is 7.23. The molecular formula is C24H18N4O3S2. The first kappa shape index (κ1) is 21.0. The summed E-state index contributed by atoms with van der Waals surface area (Å²) < 4.78 is 6.89. The van der Waals surface area contributed by atoms with Gasteiger partial charge in [0.15, 0.2) is 0 Å². The number of thiophene rings is 1. The van der Waals surface area contributed by atoms with Crippen molar-refractivity contribution in [2.24, 2.45) is 0 Å². The summed E-state index contributed by atoms with van der Waals surface area (Å²) in [4.78, 5) is 35.4. The number of nitrogens with zero attached hydrogens (tertiary/aromatic N) is 3. The molecular weight excluding hydrogens is 456 g/mol. The first-order valence-corrected chi connectivity index (χ1v) is 11.8. The van der Waals surface area contributed by atoms with E-state index < -0.39 is 5.91 Å². The molecule has 1 amide bonds. The van der Waals surface area contributed by atoms with Gasteiger partial charge in [-0.3, -0.25) is 15.0 Å². The molecule has 0 saturated heterocycles. The van der Waals surface area contributed by atoms with Crippen LogP contribution in [-0.4, -0.2) is 20.6 Å². The minimum atomic E-state index is -0.440. The lowest BCUT2D eigenvalue weighted by Crippen LogP contribution is -2.33. The Balaban J connectivity index is 1.38. The zero-order valence-corrected chi connectivity index (χ0v) is 19.2. The van der Waals surface area contributed by atoms with Crippen LogP contribution < -0.4 is 15.7 Å². The van der Waals surface area contributed by atoms with E-state index in [9.17, 15) is 9.59 Å². The van der Waals surface area contributed by atoms with E-state index in [-0.39, 0.29) is 5.56 Å². The van der Waals surface area contributed by atoms with E-state index in [1.807, 2.05) is 48.0 Å². The second kappa shape index (κ2) is 8.97. The lowest BCUT2D eigenvalue weighted by atomic mass is 10.1. The van der Waals surface area contributed by atoms with Crippen LogP contribution >= 0.6 is 22.7 Å². The molecule has 0 bridgehead atoms. The summed E-state index contributed by atoms with van der Waals surface area (Å²) >= 11 is 2.95. The van der Waals surface area contributed by atoms with Crippen LogP contribution in [0.4, 0.5) is 0 Å². The average molecular weight is 475 g/mol. The number of amides is 1. The summed E-state index contributed by atoms with van der Waals surface area (Å²) in [6.07, 6.45) is 1.33. The average Bonchev–Trinajstić information content (AvgIpc) is 3.47. The standard InChI is InChI=1S/C24H18N4O3S2/c1-15-26-18(12-32-15)11-31-19-9-5-8-17(10-19)22(29)27-28-14-25-23-21(24(28)30)20(13-33-23)16-6-3-2-4-7-16/h2-10,12-14H,11H2,1H3,(H,27,29). The topological polar surface area (TPSA) is 86.1 Å². The van der Waals surface area contributed by atoms with E-state index in [2.05, 4.69) is 15.4 Å². The highest BCUT2D eigenvalue weighted by atomic mass is 32.1. The van der Waals surface area contributed by atoms with E-state index in [1.165, 1.54) is 17.7 Å². The highest BCUT2D eigenvalue weighted by Crippen LogP contribution is 2.30. The maximum Gasteiger partial charge on any atom is 0.281 e. The Bertz CT molecular complexity index is 1510. The van der Waals surface area contributed by atoms with Crippen molar-refractivity contribution in [3.63, 3.8) is 0 Å². The SMILES string of the molecule is Cc1nc(COc2cccc(C(=O)Nn3cnc4scc(-c5ccccc5)c4c3=O)c2)cs1. The molecule has 3 aromatic heterocycles. The van der Waals surface area contributed by atoms with Gasteiger partial charge in [0.05, 0.1) is 16.1 Å². The molecule has 0 unspecified atom stereocenters. The van der Waals surface area contributed by atoms with Crippen molar-refractivity contribution in [3.8, 4) is 16.9 Å². The molecule has 9 heteroatoms. The van der Waals surface area contributed by atoms with Crippen LogP contribution in [0.2, 0.25) is 0 Å². The number of aromatic nitrogens is 3. The Morgan fingerprint density at radius 2 is 1.94 bits per heavy atom. The van der Waals surface area contributed by atoms with E-state index in [0.29, 0.717) is 28.1 Å². The van der Waals surface area contributed by atoms with Gasteiger partial charge in [-0.2, -0.15) is 0 Å². The van der Waals surface area contributed by atoms with Gasteiger partial charge < -0.3 is 4.74 Å². The molecule has 0 radical (unpaired) electrons. The fourth-order valence-electron chi connectivity index (χ4n) is 3.38. The summed E-state index contributed by atoms with van der Waals surface area (Å²) in [7, 11) is 0. The van der Waals surface area contributed by atoms with Crippen LogP contribution in [0.5, 0.6) is 5.75 Å². The van der Waals surface area contributed by atoms with Crippen molar-refractivity contribution in [2.45, 2.75) is 13.5 Å². The van der Waals surface area contributed by atoms with Gasteiger partial charge in [-0.25, -0.2) is 14.6 Å². The Kier molecular flexibility index (Phi) is 5.72. The Hall–Kier alpha value is -3.82. The molecule has 0 fully saturated rings. The van der Waals surface area contributed by atoms with Gasteiger partial charge in [0.2, 0.25) is 0 Å². The number of benzene rings is 2. The van der Waals surface area contributed by atoms with Gasteiger partial charge >= 0.3 is 0 Å². The van der Waals surface area contributed by atoms with Gasteiger partial charge in [0, 0.05) is 21.9 Å². The molecule has 2 aromatic carbocycles. The molecule has 0 aliphatic heterocycles. The fraction of sp³-hybridized carbons (Fsp3) is 0.0833. The summed E-state index contributed by atoms with van der Waals surface area (Å²) in [6, 6.07) is 16.4.